The SMILES string of the molecule is CCOc1ccccc1CN=C(NCCN1CCOCC1)NCc1nnc(C)n1C. The molecule has 0 bridgehead atoms. The predicted octanol–water partition coefficient (Wildman–Crippen LogP) is 1.09. The van der Waals surface area contributed by atoms with Gasteiger partial charge in [0.05, 0.1) is 32.9 Å². The van der Waals surface area contributed by atoms with Crippen LogP contribution in [0.25, 0.3) is 0 Å². The lowest BCUT2D eigenvalue weighted by Gasteiger charge is -2.26. The average molecular weight is 416 g/mol. The van der Waals surface area contributed by atoms with Crippen LogP contribution < -0.4 is 15.4 Å². The van der Waals surface area contributed by atoms with E-state index in [9.17, 15) is 0 Å². The van der Waals surface area contributed by atoms with Crippen molar-refractivity contribution in [2.45, 2.75) is 26.9 Å². The number of aryl methyl sites for hydroxylation is 1. The van der Waals surface area contributed by atoms with E-state index in [2.05, 4.69) is 25.7 Å². The van der Waals surface area contributed by atoms with E-state index in [0.717, 1.165) is 68.3 Å². The van der Waals surface area contributed by atoms with Crippen molar-refractivity contribution >= 4 is 5.96 Å². The van der Waals surface area contributed by atoms with Crippen LogP contribution in [0.5, 0.6) is 5.75 Å². The summed E-state index contributed by atoms with van der Waals surface area (Å²) in [4.78, 5) is 7.18. The molecule has 3 rings (SSSR count). The molecule has 1 saturated heterocycles. The predicted molar refractivity (Wildman–Crippen MR) is 117 cm³/mol. The monoisotopic (exact) mass is 415 g/mol. The first-order valence-electron chi connectivity index (χ1n) is 10.5. The molecular formula is C21H33N7O2. The van der Waals surface area contributed by atoms with Gasteiger partial charge in [-0.25, -0.2) is 4.99 Å². The Balaban J connectivity index is 1.62. The fourth-order valence-electron chi connectivity index (χ4n) is 3.19. The minimum atomic E-state index is 0.529. The average Bonchev–Trinajstić information content (AvgIpc) is 3.09. The molecule has 1 fully saturated rings. The van der Waals surface area contributed by atoms with E-state index in [4.69, 9.17) is 14.5 Å². The second kappa shape index (κ2) is 11.5. The number of benzene rings is 1. The Morgan fingerprint density at radius 2 is 2.00 bits per heavy atom. The van der Waals surface area contributed by atoms with Crippen LogP contribution >= 0.6 is 0 Å². The molecule has 0 atom stereocenters. The topological polar surface area (TPSA) is 88.8 Å². The van der Waals surface area contributed by atoms with Crippen molar-refractivity contribution in [2.75, 3.05) is 46.0 Å². The lowest BCUT2D eigenvalue weighted by Crippen LogP contribution is -2.44. The van der Waals surface area contributed by atoms with Crippen LogP contribution in [0.4, 0.5) is 0 Å². The van der Waals surface area contributed by atoms with Gasteiger partial charge in [-0.2, -0.15) is 0 Å². The van der Waals surface area contributed by atoms with Crippen molar-refractivity contribution in [1.82, 2.24) is 30.3 Å². The Morgan fingerprint density at radius 1 is 1.20 bits per heavy atom. The Morgan fingerprint density at radius 3 is 2.73 bits per heavy atom. The number of aromatic nitrogens is 3. The molecule has 0 aliphatic carbocycles. The highest BCUT2D eigenvalue weighted by Crippen LogP contribution is 2.18. The van der Waals surface area contributed by atoms with E-state index < -0.39 is 0 Å². The van der Waals surface area contributed by atoms with Crippen LogP contribution in [0.3, 0.4) is 0 Å². The molecule has 1 aromatic heterocycles. The zero-order valence-electron chi connectivity index (χ0n) is 18.2. The molecule has 0 amide bonds. The highest BCUT2D eigenvalue weighted by Gasteiger charge is 2.11. The summed E-state index contributed by atoms with van der Waals surface area (Å²) < 4.78 is 13.1. The van der Waals surface area contributed by atoms with Gasteiger partial charge in [-0.1, -0.05) is 18.2 Å². The third kappa shape index (κ3) is 6.43. The van der Waals surface area contributed by atoms with Crippen LogP contribution in [0.1, 0.15) is 24.1 Å². The summed E-state index contributed by atoms with van der Waals surface area (Å²) in [5.41, 5.74) is 1.06. The molecule has 9 nitrogen and oxygen atoms in total. The van der Waals surface area contributed by atoms with Crippen molar-refractivity contribution in [3.05, 3.63) is 41.5 Å². The van der Waals surface area contributed by atoms with Gasteiger partial charge in [0.2, 0.25) is 0 Å². The van der Waals surface area contributed by atoms with E-state index in [-0.39, 0.29) is 0 Å². The fraction of sp³-hybridized carbons (Fsp3) is 0.571. The number of nitrogens with zero attached hydrogens (tertiary/aromatic N) is 5. The summed E-state index contributed by atoms with van der Waals surface area (Å²) in [6.07, 6.45) is 0. The van der Waals surface area contributed by atoms with Gasteiger partial charge in [-0.05, 0) is 19.9 Å². The molecule has 2 N–H and O–H groups in total. The van der Waals surface area contributed by atoms with Crippen molar-refractivity contribution < 1.29 is 9.47 Å². The maximum Gasteiger partial charge on any atom is 0.192 e. The summed E-state index contributed by atoms with van der Waals surface area (Å²) in [5.74, 6) is 3.37. The standard InChI is InChI=1S/C21H33N7O2/c1-4-30-19-8-6-5-7-18(19)15-23-21(22-9-10-28-11-13-29-14-12-28)24-16-20-26-25-17(2)27(20)3/h5-8H,4,9-16H2,1-3H3,(H2,22,23,24). The van der Waals surface area contributed by atoms with Gasteiger partial charge in [0, 0.05) is 38.8 Å². The maximum absolute atomic E-state index is 5.73. The normalized spacial score (nSPS) is 15.2. The van der Waals surface area contributed by atoms with Crippen LogP contribution in [0, 0.1) is 6.92 Å². The van der Waals surface area contributed by atoms with E-state index in [0.29, 0.717) is 19.7 Å². The smallest absolute Gasteiger partial charge is 0.192 e. The van der Waals surface area contributed by atoms with Crippen LogP contribution in [-0.4, -0.2) is 71.6 Å². The number of rotatable bonds is 9. The molecule has 0 radical (unpaired) electrons. The highest BCUT2D eigenvalue weighted by atomic mass is 16.5. The number of aliphatic imine (C=N–C) groups is 1. The number of hydrogen-bond acceptors (Lipinski definition) is 6. The van der Waals surface area contributed by atoms with E-state index >= 15 is 0 Å². The number of morpholine rings is 1. The van der Waals surface area contributed by atoms with Gasteiger partial charge >= 0.3 is 0 Å². The Kier molecular flexibility index (Phi) is 8.46. The van der Waals surface area contributed by atoms with Crippen LogP contribution in [0.2, 0.25) is 0 Å². The largest absolute Gasteiger partial charge is 0.494 e. The molecule has 0 unspecified atom stereocenters. The van der Waals surface area contributed by atoms with E-state index in [1.807, 2.05) is 49.7 Å². The molecule has 30 heavy (non-hydrogen) atoms. The zero-order chi connectivity index (χ0) is 21.2. The molecule has 0 saturated carbocycles. The second-order valence-electron chi connectivity index (χ2n) is 7.16. The van der Waals surface area contributed by atoms with E-state index in [1.54, 1.807) is 0 Å². The van der Waals surface area contributed by atoms with E-state index in [1.165, 1.54) is 0 Å². The van der Waals surface area contributed by atoms with Gasteiger partial charge < -0.3 is 24.7 Å². The lowest BCUT2D eigenvalue weighted by molar-refractivity contribution is 0.0389. The molecule has 0 spiro atoms. The minimum absolute atomic E-state index is 0.529. The van der Waals surface area contributed by atoms with Gasteiger partial charge in [0.1, 0.15) is 11.6 Å². The third-order valence-corrected chi connectivity index (χ3v) is 5.10. The summed E-state index contributed by atoms with van der Waals surface area (Å²) >= 11 is 0. The van der Waals surface area contributed by atoms with Crippen LogP contribution in [-0.2, 0) is 24.9 Å². The second-order valence-corrected chi connectivity index (χ2v) is 7.16. The molecule has 1 aromatic carbocycles. The summed E-state index contributed by atoms with van der Waals surface area (Å²) in [6.45, 7) is 10.9. The minimum Gasteiger partial charge on any atom is -0.494 e. The molecule has 164 valence electrons. The third-order valence-electron chi connectivity index (χ3n) is 5.10. The molecule has 2 heterocycles. The van der Waals surface area contributed by atoms with Gasteiger partial charge in [-0.15, -0.1) is 10.2 Å². The van der Waals surface area contributed by atoms with Gasteiger partial charge in [-0.3, -0.25) is 4.90 Å². The number of ether oxygens (including phenoxy) is 2. The number of hydrogen-bond donors (Lipinski definition) is 2. The first-order valence-corrected chi connectivity index (χ1v) is 10.5. The van der Waals surface area contributed by atoms with Gasteiger partial charge in [0.15, 0.2) is 11.8 Å². The molecular weight excluding hydrogens is 382 g/mol. The first kappa shape index (κ1) is 22.0. The molecule has 9 heteroatoms. The molecule has 1 aliphatic heterocycles. The number of para-hydroxylation sites is 1. The quantitative estimate of drug-likeness (QED) is 0.468. The first-order chi connectivity index (χ1) is 14.7. The number of guanidine groups is 1. The zero-order valence-corrected chi connectivity index (χ0v) is 18.2. The maximum atomic E-state index is 5.73. The number of nitrogens with one attached hydrogen (secondary N) is 2. The van der Waals surface area contributed by atoms with Crippen molar-refractivity contribution in [1.29, 1.82) is 0 Å². The highest BCUT2D eigenvalue weighted by molar-refractivity contribution is 5.79. The Bertz CT molecular complexity index is 815. The van der Waals surface area contributed by atoms with Gasteiger partial charge in [0.25, 0.3) is 0 Å². The van der Waals surface area contributed by atoms with Crippen molar-refractivity contribution in [3.63, 3.8) is 0 Å². The summed E-state index contributed by atoms with van der Waals surface area (Å²) in [7, 11) is 1.97. The Labute approximate surface area is 178 Å². The van der Waals surface area contributed by atoms with Crippen LogP contribution in [0.15, 0.2) is 29.3 Å². The summed E-state index contributed by atoms with van der Waals surface area (Å²) in [6, 6.07) is 8.02. The van der Waals surface area contributed by atoms with Crippen molar-refractivity contribution in [3.8, 4) is 5.75 Å². The summed E-state index contributed by atoms with van der Waals surface area (Å²) in [5, 5.41) is 15.2. The lowest BCUT2D eigenvalue weighted by atomic mass is 10.2. The van der Waals surface area contributed by atoms with Crippen molar-refractivity contribution in [2.24, 2.45) is 12.0 Å². The molecule has 2 aromatic rings. The Hall–Kier alpha value is -2.65. The molecule has 1 aliphatic rings. The fourth-order valence-corrected chi connectivity index (χ4v) is 3.19.